The van der Waals surface area contributed by atoms with E-state index in [1.807, 2.05) is 24.3 Å². The molecule has 0 atom stereocenters. The maximum atomic E-state index is 12.5. The third-order valence-electron chi connectivity index (χ3n) is 4.74. The summed E-state index contributed by atoms with van der Waals surface area (Å²) in [5.41, 5.74) is 4.00. The quantitative estimate of drug-likeness (QED) is 0.658. The number of imidazole rings is 1. The maximum Gasteiger partial charge on any atom is 0.323 e. The Morgan fingerprint density at radius 3 is 2.54 bits per heavy atom. The highest BCUT2D eigenvalue weighted by atomic mass is 16.1. The number of rotatable bonds is 5. The smallest absolute Gasteiger partial charge is 0.323 e. The van der Waals surface area contributed by atoms with Crippen molar-refractivity contribution in [2.45, 2.75) is 25.7 Å². The molecule has 4 rings (SSSR count). The predicted octanol–water partition coefficient (Wildman–Crippen LogP) is 2.42. The summed E-state index contributed by atoms with van der Waals surface area (Å²) >= 11 is 0. The lowest BCUT2D eigenvalue weighted by atomic mass is 10.1. The molecule has 0 spiro atoms. The van der Waals surface area contributed by atoms with E-state index < -0.39 is 0 Å². The fourth-order valence-electron chi connectivity index (χ4n) is 3.41. The molecule has 0 saturated carbocycles. The van der Waals surface area contributed by atoms with Crippen LogP contribution in [-0.2, 0) is 11.2 Å². The number of benzene rings is 1. The number of hydrogen-bond acceptors (Lipinski definition) is 4. The Hall–Kier alpha value is -3.09. The van der Waals surface area contributed by atoms with Gasteiger partial charge in [-0.3, -0.25) is 9.78 Å². The first kappa shape index (κ1) is 16.4. The highest BCUT2D eigenvalue weighted by Gasteiger charge is 2.18. The molecule has 1 aliphatic rings. The van der Waals surface area contributed by atoms with Crippen LogP contribution in [-0.4, -0.2) is 33.9 Å². The molecule has 0 bridgehead atoms. The Labute approximate surface area is 150 Å². The summed E-state index contributed by atoms with van der Waals surface area (Å²) in [6, 6.07) is 7.61. The lowest BCUT2D eigenvalue weighted by Crippen LogP contribution is -2.21. The molecule has 1 aliphatic heterocycles. The van der Waals surface area contributed by atoms with Crippen molar-refractivity contribution in [3.63, 3.8) is 0 Å². The Bertz CT molecular complexity index is 971. The number of aromatic nitrogens is 3. The molecule has 7 heteroatoms. The number of H-pyrrole nitrogens is 2. The molecule has 7 nitrogen and oxygen atoms in total. The monoisotopic (exact) mass is 351 g/mol. The molecular formula is C19H21N5O2. The summed E-state index contributed by atoms with van der Waals surface area (Å²) in [7, 11) is 0. The summed E-state index contributed by atoms with van der Waals surface area (Å²) in [6.45, 7) is 1.92. The number of anilines is 2. The lowest BCUT2D eigenvalue weighted by Gasteiger charge is -2.22. The van der Waals surface area contributed by atoms with Crippen LogP contribution in [0.1, 0.15) is 24.8 Å². The van der Waals surface area contributed by atoms with Crippen molar-refractivity contribution in [1.82, 2.24) is 15.0 Å². The van der Waals surface area contributed by atoms with Gasteiger partial charge >= 0.3 is 5.69 Å². The third-order valence-corrected chi connectivity index (χ3v) is 4.74. The van der Waals surface area contributed by atoms with E-state index in [0.29, 0.717) is 18.4 Å². The number of nitrogens with one attached hydrogen (secondary N) is 3. The molecule has 1 aromatic carbocycles. The highest BCUT2D eigenvalue weighted by molar-refractivity contribution is 5.98. The van der Waals surface area contributed by atoms with Gasteiger partial charge < -0.3 is 20.2 Å². The van der Waals surface area contributed by atoms with E-state index in [0.717, 1.165) is 48.4 Å². The van der Waals surface area contributed by atoms with Crippen LogP contribution in [0, 0.1) is 0 Å². The van der Waals surface area contributed by atoms with E-state index in [4.69, 9.17) is 0 Å². The average Bonchev–Trinajstić information content (AvgIpc) is 3.28. The minimum Gasteiger partial charge on any atom is -0.370 e. The predicted molar refractivity (Wildman–Crippen MR) is 102 cm³/mol. The van der Waals surface area contributed by atoms with Gasteiger partial charge in [0.2, 0.25) is 5.91 Å². The second kappa shape index (κ2) is 7.03. The Kier molecular flexibility index (Phi) is 4.43. The molecule has 3 heterocycles. The number of aryl methyl sites for hydroxylation is 1. The molecule has 3 N–H and O–H groups in total. The molecule has 134 valence electrons. The number of amides is 1. The zero-order chi connectivity index (χ0) is 17.9. The number of hydrogen-bond donors (Lipinski definition) is 3. The van der Waals surface area contributed by atoms with Crippen molar-refractivity contribution >= 4 is 28.3 Å². The van der Waals surface area contributed by atoms with Gasteiger partial charge in [-0.1, -0.05) is 0 Å². The van der Waals surface area contributed by atoms with Gasteiger partial charge in [-0.15, -0.1) is 0 Å². The molecule has 0 unspecified atom stereocenters. The summed E-state index contributed by atoms with van der Waals surface area (Å²) < 4.78 is 0. The number of fused-ring (bicyclic) bond motifs is 1. The van der Waals surface area contributed by atoms with Crippen molar-refractivity contribution < 1.29 is 4.79 Å². The van der Waals surface area contributed by atoms with Crippen molar-refractivity contribution in [2.24, 2.45) is 0 Å². The standard InChI is InChI=1S/C19H21N5O2/c25-18(4-3-13-5-7-20-8-6-13)21-16-11-14-15(23-19(26)22-14)12-17(16)24-9-1-2-10-24/h5-8,11-12H,1-4,9-10H2,(H,21,25)(H2,22,23,26). The van der Waals surface area contributed by atoms with Crippen molar-refractivity contribution in [2.75, 3.05) is 23.3 Å². The van der Waals surface area contributed by atoms with Crippen molar-refractivity contribution in [1.29, 1.82) is 0 Å². The Balaban J connectivity index is 1.56. The minimum atomic E-state index is -0.242. The number of aromatic amines is 2. The first-order valence-electron chi connectivity index (χ1n) is 8.89. The molecular weight excluding hydrogens is 330 g/mol. The SMILES string of the molecule is O=C(CCc1ccncc1)Nc1cc2[nH]c(=O)[nH]c2cc1N1CCCC1. The van der Waals surface area contributed by atoms with E-state index >= 15 is 0 Å². The molecule has 2 aromatic heterocycles. The average molecular weight is 351 g/mol. The molecule has 1 saturated heterocycles. The number of carbonyl (C=O) groups excluding carboxylic acids is 1. The first-order chi connectivity index (χ1) is 12.7. The molecule has 0 radical (unpaired) electrons. The van der Waals surface area contributed by atoms with Crippen molar-refractivity contribution in [3.8, 4) is 0 Å². The number of pyridine rings is 1. The summed E-state index contributed by atoms with van der Waals surface area (Å²) in [4.78, 5) is 35.9. The summed E-state index contributed by atoms with van der Waals surface area (Å²) in [5.74, 6) is -0.0421. The fraction of sp³-hybridized carbons (Fsp3) is 0.316. The van der Waals surface area contributed by atoms with Crippen LogP contribution >= 0.6 is 0 Å². The zero-order valence-corrected chi connectivity index (χ0v) is 14.4. The normalized spacial score (nSPS) is 14.1. The Morgan fingerprint density at radius 1 is 1.12 bits per heavy atom. The first-order valence-corrected chi connectivity index (χ1v) is 8.89. The number of carbonyl (C=O) groups is 1. The second-order valence-corrected chi connectivity index (χ2v) is 6.59. The zero-order valence-electron chi connectivity index (χ0n) is 14.4. The van der Waals surface area contributed by atoms with Crippen molar-refractivity contribution in [3.05, 3.63) is 52.7 Å². The van der Waals surface area contributed by atoms with Gasteiger partial charge in [0.1, 0.15) is 0 Å². The topological polar surface area (TPSA) is 93.9 Å². The highest BCUT2D eigenvalue weighted by Crippen LogP contribution is 2.32. The van der Waals surface area contributed by atoms with Gasteiger partial charge in [0, 0.05) is 31.9 Å². The van der Waals surface area contributed by atoms with Crippen LogP contribution in [0.3, 0.4) is 0 Å². The third kappa shape index (κ3) is 3.46. The minimum absolute atomic E-state index is 0.0421. The largest absolute Gasteiger partial charge is 0.370 e. The van der Waals surface area contributed by atoms with Gasteiger partial charge in [-0.2, -0.15) is 0 Å². The van der Waals surface area contributed by atoms with Gasteiger partial charge in [0.05, 0.1) is 22.4 Å². The molecule has 1 fully saturated rings. The van der Waals surface area contributed by atoms with Crippen LogP contribution in [0.4, 0.5) is 11.4 Å². The molecule has 3 aromatic rings. The lowest BCUT2D eigenvalue weighted by molar-refractivity contribution is -0.116. The van der Waals surface area contributed by atoms with Crippen LogP contribution in [0.5, 0.6) is 0 Å². The van der Waals surface area contributed by atoms with Gasteiger partial charge in [0.15, 0.2) is 0 Å². The van der Waals surface area contributed by atoms with E-state index in [-0.39, 0.29) is 11.6 Å². The van der Waals surface area contributed by atoms with E-state index in [1.54, 1.807) is 12.4 Å². The molecule has 26 heavy (non-hydrogen) atoms. The van der Waals surface area contributed by atoms with Gasteiger partial charge in [-0.25, -0.2) is 4.79 Å². The van der Waals surface area contributed by atoms with E-state index in [2.05, 4.69) is 25.2 Å². The fourth-order valence-corrected chi connectivity index (χ4v) is 3.41. The Morgan fingerprint density at radius 2 is 1.81 bits per heavy atom. The molecule has 0 aliphatic carbocycles. The second-order valence-electron chi connectivity index (χ2n) is 6.59. The van der Waals surface area contributed by atoms with Crippen LogP contribution in [0.2, 0.25) is 0 Å². The summed E-state index contributed by atoms with van der Waals surface area (Å²) in [5, 5.41) is 3.03. The van der Waals surface area contributed by atoms with Crippen LogP contribution in [0.15, 0.2) is 41.5 Å². The van der Waals surface area contributed by atoms with Crippen LogP contribution in [0.25, 0.3) is 11.0 Å². The van der Waals surface area contributed by atoms with E-state index in [9.17, 15) is 9.59 Å². The van der Waals surface area contributed by atoms with Gasteiger partial charge in [0.25, 0.3) is 0 Å². The maximum absolute atomic E-state index is 12.5. The van der Waals surface area contributed by atoms with Gasteiger partial charge in [-0.05, 0) is 49.1 Å². The van der Waals surface area contributed by atoms with Crippen LogP contribution < -0.4 is 15.9 Å². The molecule has 1 amide bonds. The summed E-state index contributed by atoms with van der Waals surface area (Å²) in [6.07, 6.45) is 6.79. The van der Waals surface area contributed by atoms with E-state index in [1.165, 1.54) is 0 Å². The number of nitrogens with zero attached hydrogens (tertiary/aromatic N) is 2.